The van der Waals surface area contributed by atoms with Gasteiger partial charge in [-0.25, -0.2) is 17.7 Å². The number of aromatic nitrogens is 2. The number of rotatable bonds is 7. The van der Waals surface area contributed by atoms with Gasteiger partial charge in [-0.05, 0) is 49.2 Å². The zero-order valence-electron chi connectivity index (χ0n) is 17.8. The second kappa shape index (κ2) is 8.51. The Morgan fingerprint density at radius 2 is 1.84 bits per heavy atom. The minimum absolute atomic E-state index is 0.138. The SMILES string of the molecule is CCCn1c(CNc2ccc(C)c(C(F)(F)F)c2)nc2cc(S(=O)(=O)N(C)C)ccc21. The number of halogens is 3. The van der Waals surface area contributed by atoms with Crippen LogP contribution in [0.5, 0.6) is 0 Å². The third-order valence-electron chi connectivity index (χ3n) is 5.02. The first-order chi connectivity index (χ1) is 14.4. The second-order valence-electron chi connectivity index (χ2n) is 7.50. The van der Waals surface area contributed by atoms with Crippen molar-refractivity contribution >= 4 is 26.7 Å². The number of hydrogen-bond acceptors (Lipinski definition) is 4. The van der Waals surface area contributed by atoms with Crippen LogP contribution in [0.3, 0.4) is 0 Å². The van der Waals surface area contributed by atoms with Crippen molar-refractivity contribution in [2.75, 3.05) is 19.4 Å². The van der Waals surface area contributed by atoms with Gasteiger partial charge in [0.2, 0.25) is 10.0 Å². The Morgan fingerprint density at radius 3 is 2.45 bits per heavy atom. The highest BCUT2D eigenvalue weighted by atomic mass is 32.2. The number of alkyl halides is 3. The minimum atomic E-state index is -4.43. The van der Waals surface area contributed by atoms with E-state index in [1.165, 1.54) is 39.2 Å². The molecule has 0 saturated heterocycles. The monoisotopic (exact) mass is 454 g/mol. The molecule has 0 atom stereocenters. The molecule has 3 aromatic rings. The van der Waals surface area contributed by atoms with Crippen molar-refractivity contribution in [2.24, 2.45) is 0 Å². The Kier molecular flexibility index (Phi) is 6.33. The molecule has 2 aromatic carbocycles. The highest BCUT2D eigenvalue weighted by Crippen LogP contribution is 2.33. The molecule has 1 heterocycles. The molecule has 0 saturated carbocycles. The summed E-state index contributed by atoms with van der Waals surface area (Å²) in [7, 11) is -0.681. The highest BCUT2D eigenvalue weighted by molar-refractivity contribution is 7.89. The molecule has 1 aromatic heterocycles. The van der Waals surface area contributed by atoms with Gasteiger partial charge in [-0.2, -0.15) is 13.2 Å². The molecule has 6 nitrogen and oxygen atoms in total. The van der Waals surface area contributed by atoms with Gasteiger partial charge in [-0.1, -0.05) is 13.0 Å². The lowest BCUT2D eigenvalue weighted by Crippen LogP contribution is -2.22. The summed E-state index contributed by atoms with van der Waals surface area (Å²) in [6, 6.07) is 8.89. The van der Waals surface area contributed by atoms with Gasteiger partial charge in [0.25, 0.3) is 0 Å². The van der Waals surface area contributed by atoms with E-state index in [-0.39, 0.29) is 17.0 Å². The average Bonchev–Trinajstić information content (AvgIpc) is 3.03. The maximum absolute atomic E-state index is 13.2. The molecule has 31 heavy (non-hydrogen) atoms. The van der Waals surface area contributed by atoms with Gasteiger partial charge in [0.05, 0.1) is 28.0 Å². The average molecular weight is 455 g/mol. The molecule has 0 aliphatic heterocycles. The fraction of sp³-hybridized carbons (Fsp3) is 0.381. The standard InChI is InChI=1S/C21H25F3N4O2S/c1-5-10-28-19-9-8-16(31(29,30)27(3)4)12-18(19)26-20(28)13-25-15-7-6-14(2)17(11-15)21(22,23)24/h6-9,11-12,25H,5,10,13H2,1-4H3. The van der Waals surface area contributed by atoms with Crippen molar-refractivity contribution in [3.05, 3.63) is 53.3 Å². The summed E-state index contributed by atoms with van der Waals surface area (Å²) in [5.74, 6) is 0.616. The van der Waals surface area contributed by atoms with Crippen LogP contribution in [0.15, 0.2) is 41.3 Å². The number of imidazole rings is 1. The summed E-state index contributed by atoms with van der Waals surface area (Å²) in [6.45, 7) is 4.27. The lowest BCUT2D eigenvalue weighted by Gasteiger charge is -2.14. The third kappa shape index (κ3) is 4.69. The molecule has 0 aliphatic carbocycles. The minimum Gasteiger partial charge on any atom is -0.378 e. The van der Waals surface area contributed by atoms with E-state index in [4.69, 9.17) is 0 Å². The number of fused-ring (bicyclic) bond motifs is 1. The van der Waals surface area contributed by atoms with Gasteiger partial charge in [0, 0.05) is 26.3 Å². The molecular formula is C21H25F3N4O2S. The van der Waals surface area contributed by atoms with Crippen LogP contribution in [-0.4, -0.2) is 36.4 Å². The summed E-state index contributed by atoms with van der Waals surface area (Å²) in [6.07, 6.45) is -3.61. The van der Waals surface area contributed by atoms with Gasteiger partial charge in [-0.15, -0.1) is 0 Å². The normalized spacial score (nSPS) is 12.6. The molecule has 0 spiro atoms. The molecule has 0 radical (unpaired) electrons. The maximum Gasteiger partial charge on any atom is 0.416 e. The fourth-order valence-corrected chi connectivity index (χ4v) is 4.28. The van der Waals surface area contributed by atoms with Gasteiger partial charge >= 0.3 is 6.18 Å². The summed E-state index contributed by atoms with van der Waals surface area (Å²) in [5, 5.41) is 3.01. The molecule has 0 amide bonds. The van der Waals surface area contributed by atoms with Crippen LogP contribution in [0.25, 0.3) is 11.0 Å². The summed E-state index contributed by atoms with van der Waals surface area (Å²) in [5.41, 5.74) is 1.11. The molecule has 0 unspecified atom stereocenters. The quantitative estimate of drug-likeness (QED) is 0.565. The van der Waals surface area contributed by atoms with Crippen LogP contribution in [0.1, 0.15) is 30.3 Å². The number of aryl methyl sites for hydroxylation is 2. The van der Waals surface area contributed by atoms with Crippen LogP contribution in [0.2, 0.25) is 0 Å². The van der Waals surface area contributed by atoms with Gasteiger partial charge in [0.1, 0.15) is 5.82 Å². The van der Waals surface area contributed by atoms with Crippen LogP contribution in [-0.2, 0) is 29.3 Å². The molecule has 0 fully saturated rings. The first-order valence-corrected chi connectivity index (χ1v) is 11.2. The lowest BCUT2D eigenvalue weighted by atomic mass is 10.1. The molecule has 1 N–H and O–H groups in total. The fourth-order valence-electron chi connectivity index (χ4n) is 3.36. The van der Waals surface area contributed by atoms with Crippen molar-refractivity contribution in [1.29, 1.82) is 0 Å². The molecule has 10 heteroatoms. The van der Waals surface area contributed by atoms with E-state index in [1.807, 2.05) is 11.5 Å². The topological polar surface area (TPSA) is 67.2 Å². The number of hydrogen-bond donors (Lipinski definition) is 1. The summed E-state index contributed by atoms with van der Waals surface area (Å²) >= 11 is 0. The van der Waals surface area contributed by atoms with E-state index >= 15 is 0 Å². The molecule has 0 bridgehead atoms. The number of nitrogens with zero attached hydrogens (tertiary/aromatic N) is 3. The predicted octanol–water partition coefficient (Wildman–Crippen LogP) is 4.64. The Morgan fingerprint density at radius 1 is 1.13 bits per heavy atom. The third-order valence-corrected chi connectivity index (χ3v) is 6.83. The molecule has 0 aliphatic rings. The maximum atomic E-state index is 13.2. The largest absolute Gasteiger partial charge is 0.416 e. The predicted molar refractivity (Wildman–Crippen MR) is 114 cm³/mol. The second-order valence-corrected chi connectivity index (χ2v) is 9.65. The zero-order chi connectivity index (χ0) is 23.0. The van der Waals surface area contributed by atoms with Crippen molar-refractivity contribution in [2.45, 2.75) is 44.4 Å². The number of benzene rings is 2. The van der Waals surface area contributed by atoms with E-state index in [0.717, 1.165) is 22.3 Å². The summed E-state index contributed by atoms with van der Waals surface area (Å²) in [4.78, 5) is 4.70. The van der Waals surface area contributed by atoms with Crippen LogP contribution < -0.4 is 5.32 Å². The van der Waals surface area contributed by atoms with Crippen molar-refractivity contribution in [1.82, 2.24) is 13.9 Å². The number of nitrogens with one attached hydrogen (secondary N) is 1. The number of sulfonamides is 1. The van der Waals surface area contributed by atoms with Gasteiger partial charge in [-0.3, -0.25) is 0 Å². The Balaban J connectivity index is 1.96. The van der Waals surface area contributed by atoms with Gasteiger partial charge in [0.15, 0.2) is 0 Å². The first kappa shape index (κ1) is 23.1. The summed E-state index contributed by atoms with van der Waals surface area (Å²) < 4.78 is 67.5. The van der Waals surface area contributed by atoms with Crippen LogP contribution in [0, 0.1) is 6.92 Å². The highest BCUT2D eigenvalue weighted by Gasteiger charge is 2.32. The Labute approximate surface area is 179 Å². The molecular weight excluding hydrogens is 429 g/mol. The van der Waals surface area contributed by atoms with E-state index < -0.39 is 21.8 Å². The number of anilines is 1. The Bertz CT molecular complexity index is 1200. The van der Waals surface area contributed by atoms with Crippen molar-refractivity contribution in [3.8, 4) is 0 Å². The van der Waals surface area contributed by atoms with Crippen LogP contribution in [0.4, 0.5) is 18.9 Å². The van der Waals surface area contributed by atoms with E-state index in [2.05, 4.69) is 10.3 Å². The zero-order valence-corrected chi connectivity index (χ0v) is 18.6. The Hall–Kier alpha value is -2.59. The van der Waals surface area contributed by atoms with E-state index in [0.29, 0.717) is 23.6 Å². The first-order valence-electron chi connectivity index (χ1n) is 9.78. The van der Waals surface area contributed by atoms with Crippen molar-refractivity contribution < 1.29 is 21.6 Å². The van der Waals surface area contributed by atoms with Gasteiger partial charge < -0.3 is 9.88 Å². The van der Waals surface area contributed by atoms with Crippen molar-refractivity contribution in [3.63, 3.8) is 0 Å². The lowest BCUT2D eigenvalue weighted by molar-refractivity contribution is -0.138. The van der Waals surface area contributed by atoms with E-state index in [1.54, 1.807) is 12.1 Å². The van der Waals surface area contributed by atoms with E-state index in [9.17, 15) is 21.6 Å². The van der Waals surface area contributed by atoms with Crippen LogP contribution >= 0.6 is 0 Å². The molecule has 168 valence electrons. The smallest absolute Gasteiger partial charge is 0.378 e. The molecule has 3 rings (SSSR count).